The van der Waals surface area contributed by atoms with Crippen LogP contribution in [0.4, 0.5) is 0 Å². The lowest BCUT2D eigenvalue weighted by atomic mass is 9.92. The van der Waals surface area contributed by atoms with Gasteiger partial charge in [0.15, 0.2) is 0 Å². The van der Waals surface area contributed by atoms with Crippen molar-refractivity contribution in [1.29, 1.82) is 0 Å². The molecule has 0 spiro atoms. The molecule has 2 N–H and O–H groups in total. The molecule has 28 heavy (non-hydrogen) atoms. The van der Waals surface area contributed by atoms with Crippen molar-refractivity contribution in [2.75, 3.05) is 13.1 Å². The lowest BCUT2D eigenvalue weighted by Gasteiger charge is -2.32. The van der Waals surface area contributed by atoms with E-state index in [2.05, 4.69) is 35.6 Å². The van der Waals surface area contributed by atoms with Gasteiger partial charge in [0.05, 0.1) is 6.04 Å². The molecule has 0 aliphatic carbocycles. The summed E-state index contributed by atoms with van der Waals surface area (Å²) >= 11 is 1.69. The number of piperidine rings is 1. The number of nitrogens with one attached hydrogen (secondary N) is 2. The topological polar surface area (TPSA) is 65.2 Å². The van der Waals surface area contributed by atoms with Crippen LogP contribution in [0.5, 0.6) is 0 Å². The molecule has 152 valence electrons. The maximum atomic E-state index is 12.7. The Morgan fingerprint density at radius 1 is 1.29 bits per heavy atom. The first-order valence-electron chi connectivity index (χ1n) is 10.1. The van der Waals surface area contributed by atoms with Gasteiger partial charge in [-0.15, -0.1) is 11.3 Å². The molecule has 0 saturated carbocycles. The molecule has 1 aliphatic rings. The van der Waals surface area contributed by atoms with Gasteiger partial charge in [-0.1, -0.05) is 19.9 Å². The minimum Gasteiger partial charge on any atom is -0.354 e. The average Bonchev–Trinajstić information content (AvgIpc) is 3.29. The first kappa shape index (κ1) is 20.6. The highest BCUT2D eigenvalue weighted by atomic mass is 32.1. The Morgan fingerprint density at radius 3 is 2.54 bits per heavy atom. The van der Waals surface area contributed by atoms with Gasteiger partial charge in [-0.2, -0.15) is 0 Å². The molecule has 1 saturated heterocycles. The molecule has 0 unspecified atom stereocenters. The molecule has 6 heteroatoms. The fourth-order valence-electron chi connectivity index (χ4n) is 3.98. The average molecular weight is 402 g/mol. The molecular formula is C22H31N3O2S. The number of rotatable bonds is 6. The Balaban J connectivity index is 1.50. The molecule has 5 nitrogen and oxygen atoms in total. The van der Waals surface area contributed by atoms with Gasteiger partial charge in [-0.25, -0.2) is 0 Å². The predicted molar refractivity (Wildman–Crippen MR) is 114 cm³/mol. The summed E-state index contributed by atoms with van der Waals surface area (Å²) in [5.41, 5.74) is 2.71. The van der Waals surface area contributed by atoms with Crippen LogP contribution >= 0.6 is 11.3 Å². The van der Waals surface area contributed by atoms with E-state index in [-0.39, 0.29) is 17.9 Å². The van der Waals surface area contributed by atoms with Crippen molar-refractivity contribution in [1.82, 2.24) is 15.2 Å². The molecule has 0 aromatic carbocycles. The Hall–Kier alpha value is -2.08. The molecule has 1 atom stereocenters. The van der Waals surface area contributed by atoms with Crippen LogP contribution in [-0.4, -0.2) is 34.8 Å². The quantitative estimate of drug-likeness (QED) is 0.751. The minimum atomic E-state index is 0.0751. The SMILES string of the molecule is Cc1cc(C)c(C(=O)N2CCC(CC(=O)N[C@H](c3cccs3)C(C)C)CC2)[nH]1. The van der Waals surface area contributed by atoms with Gasteiger partial charge in [0.1, 0.15) is 5.69 Å². The van der Waals surface area contributed by atoms with Crippen LogP contribution < -0.4 is 5.32 Å². The molecule has 1 fully saturated rings. The van der Waals surface area contributed by atoms with E-state index in [4.69, 9.17) is 0 Å². The smallest absolute Gasteiger partial charge is 0.270 e. The van der Waals surface area contributed by atoms with Gasteiger partial charge in [0.2, 0.25) is 5.91 Å². The van der Waals surface area contributed by atoms with E-state index in [9.17, 15) is 9.59 Å². The minimum absolute atomic E-state index is 0.0751. The molecule has 3 heterocycles. The Bertz CT molecular complexity index is 802. The Kier molecular flexibility index (Phi) is 6.60. The van der Waals surface area contributed by atoms with Gasteiger partial charge in [0, 0.05) is 30.1 Å². The summed E-state index contributed by atoms with van der Waals surface area (Å²) in [5, 5.41) is 5.27. The van der Waals surface area contributed by atoms with Gasteiger partial charge in [0.25, 0.3) is 5.91 Å². The fraction of sp³-hybridized carbons (Fsp3) is 0.545. The normalized spacial score (nSPS) is 16.4. The number of hydrogen-bond donors (Lipinski definition) is 2. The second-order valence-corrected chi connectivity index (χ2v) is 9.23. The number of thiophene rings is 1. The highest BCUT2D eigenvalue weighted by Gasteiger charge is 2.27. The lowest BCUT2D eigenvalue weighted by molar-refractivity contribution is -0.123. The van der Waals surface area contributed by atoms with E-state index in [1.807, 2.05) is 30.9 Å². The molecule has 3 rings (SSSR count). The summed E-state index contributed by atoms with van der Waals surface area (Å²) in [6, 6.07) is 6.20. The number of aromatic nitrogens is 1. The molecule has 0 radical (unpaired) electrons. The summed E-state index contributed by atoms with van der Waals surface area (Å²) in [7, 11) is 0. The summed E-state index contributed by atoms with van der Waals surface area (Å²) < 4.78 is 0. The number of aryl methyl sites for hydroxylation is 2. The number of hydrogen-bond acceptors (Lipinski definition) is 3. The highest BCUT2D eigenvalue weighted by Crippen LogP contribution is 2.27. The van der Waals surface area contributed by atoms with Crippen LogP contribution in [0.15, 0.2) is 23.6 Å². The van der Waals surface area contributed by atoms with Crippen molar-refractivity contribution < 1.29 is 9.59 Å². The van der Waals surface area contributed by atoms with E-state index < -0.39 is 0 Å². The van der Waals surface area contributed by atoms with Gasteiger partial charge in [-0.05, 0) is 61.6 Å². The summed E-state index contributed by atoms with van der Waals surface area (Å²) in [6.07, 6.45) is 2.30. The largest absolute Gasteiger partial charge is 0.354 e. The Morgan fingerprint density at radius 2 is 2.00 bits per heavy atom. The van der Waals surface area contributed by atoms with Crippen molar-refractivity contribution in [2.24, 2.45) is 11.8 Å². The monoisotopic (exact) mass is 401 g/mol. The number of H-pyrrole nitrogens is 1. The number of amides is 2. The zero-order chi connectivity index (χ0) is 20.3. The van der Waals surface area contributed by atoms with Crippen LogP contribution in [0.2, 0.25) is 0 Å². The number of carbonyl (C=O) groups is 2. The predicted octanol–water partition coefficient (Wildman–Crippen LogP) is 4.45. The fourth-order valence-corrected chi connectivity index (χ4v) is 4.93. The molecule has 0 bridgehead atoms. The summed E-state index contributed by atoms with van der Waals surface area (Å²) in [5.74, 6) is 0.889. The maximum Gasteiger partial charge on any atom is 0.270 e. The van der Waals surface area contributed by atoms with Crippen LogP contribution in [0, 0.1) is 25.7 Å². The van der Waals surface area contributed by atoms with Crippen LogP contribution in [-0.2, 0) is 4.79 Å². The molecule has 1 aliphatic heterocycles. The first-order chi connectivity index (χ1) is 13.3. The second kappa shape index (κ2) is 8.95. The zero-order valence-electron chi connectivity index (χ0n) is 17.2. The van der Waals surface area contributed by atoms with E-state index in [1.54, 1.807) is 11.3 Å². The molecule has 2 aromatic heterocycles. The van der Waals surface area contributed by atoms with Crippen molar-refractivity contribution in [3.05, 3.63) is 45.4 Å². The third-order valence-corrected chi connectivity index (χ3v) is 6.53. The number of carbonyl (C=O) groups excluding carboxylic acids is 2. The van der Waals surface area contributed by atoms with E-state index in [0.29, 0.717) is 37.0 Å². The molecule has 2 amide bonds. The second-order valence-electron chi connectivity index (χ2n) is 8.25. The van der Waals surface area contributed by atoms with Crippen LogP contribution in [0.25, 0.3) is 0 Å². The third kappa shape index (κ3) is 4.85. The number of likely N-dealkylation sites (tertiary alicyclic amines) is 1. The lowest BCUT2D eigenvalue weighted by Crippen LogP contribution is -2.40. The highest BCUT2D eigenvalue weighted by molar-refractivity contribution is 7.10. The van der Waals surface area contributed by atoms with Crippen molar-refractivity contribution in [2.45, 2.75) is 53.0 Å². The third-order valence-electron chi connectivity index (χ3n) is 5.57. The van der Waals surface area contributed by atoms with Gasteiger partial charge in [-0.3, -0.25) is 9.59 Å². The molecular weight excluding hydrogens is 370 g/mol. The van der Waals surface area contributed by atoms with Crippen molar-refractivity contribution in [3.8, 4) is 0 Å². The van der Waals surface area contributed by atoms with Crippen molar-refractivity contribution >= 4 is 23.2 Å². The standard InChI is InChI=1S/C22H31N3O2S/c1-14(2)20(18-6-5-11-28-18)24-19(26)13-17-7-9-25(10-8-17)22(27)21-15(3)12-16(4)23-21/h5-6,11-12,14,17,20,23H,7-10,13H2,1-4H3,(H,24,26)/t20-/m0/s1. The summed E-state index contributed by atoms with van der Waals surface area (Å²) in [4.78, 5) is 31.6. The van der Waals surface area contributed by atoms with Gasteiger partial charge >= 0.3 is 0 Å². The zero-order valence-corrected chi connectivity index (χ0v) is 18.1. The van der Waals surface area contributed by atoms with Gasteiger partial charge < -0.3 is 15.2 Å². The number of aromatic amines is 1. The van der Waals surface area contributed by atoms with Crippen LogP contribution in [0.3, 0.4) is 0 Å². The van der Waals surface area contributed by atoms with E-state index in [1.165, 1.54) is 4.88 Å². The first-order valence-corrected chi connectivity index (χ1v) is 11.0. The van der Waals surface area contributed by atoms with Crippen molar-refractivity contribution in [3.63, 3.8) is 0 Å². The van der Waals surface area contributed by atoms with E-state index in [0.717, 1.165) is 24.1 Å². The molecule has 2 aromatic rings. The maximum absolute atomic E-state index is 12.7. The Labute approximate surface area is 171 Å². The van der Waals surface area contributed by atoms with E-state index >= 15 is 0 Å². The summed E-state index contributed by atoms with van der Waals surface area (Å²) in [6.45, 7) is 9.64. The van der Waals surface area contributed by atoms with Crippen LogP contribution in [0.1, 0.15) is 65.8 Å². The number of nitrogens with zero attached hydrogens (tertiary/aromatic N) is 1.